The maximum atomic E-state index is 12.7. The maximum Gasteiger partial charge on any atom is 0.228 e. The molecule has 1 aromatic heterocycles. The number of piperidine rings is 1. The average Bonchev–Trinajstić information content (AvgIpc) is 2.96. The smallest absolute Gasteiger partial charge is 0.228 e. The van der Waals surface area contributed by atoms with Crippen LogP contribution in [0.2, 0.25) is 0 Å². The molecule has 0 N–H and O–H groups in total. The topological polar surface area (TPSA) is 40.6 Å². The number of nitrogens with zero attached hydrogens (tertiary/aromatic N) is 2. The van der Waals surface area contributed by atoms with Crippen LogP contribution >= 0.6 is 11.3 Å². The van der Waals surface area contributed by atoms with Crippen LogP contribution in [0.25, 0.3) is 0 Å². The van der Waals surface area contributed by atoms with Gasteiger partial charge in [-0.15, -0.1) is 11.3 Å². The fraction of sp³-hybridized carbons (Fsp3) is 0.600. The Labute approximate surface area is 124 Å². The van der Waals surface area contributed by atoms with Gasteiger partial charge in [-0.2, -0.15) is 0 Å². The molecule has 1 fully saturated rings. The van der Waals surface area contributed by atoms with E-state index in [9.17, 15) is 9.59 Å². The van der Waals surface area contributed by atoms with E-state index < -0.39 is 0 Å². The second-order valence-electron chi connectivity index (χ2n) is 5.12. The van der Waals surface area contributed by atoms with E-state index in [2.05, 4.69) is 0 Å². The summed E-state index contributed by atoms with van der Waals surface area (Å²) in [4.78, 5) is 29.4. The lowest BCUT2D eigenvalue weighted by molar-refractivity contribution is -0.146. The van der Waals surface area contributed by atoms with Crippen molar-refractivity contribution in [1.29, 1.82) is 0 Å². The van der Waals surface area contributed by atoms with E-state index in [0.29, 0.717) is 12.8 Å². The third-order valence-electron chi connectivity index (χ3n) is 4.09. The molecule has 1 saturated heterocycles. The highest BCUT2D eigenvalue weighted by Gasteiger charge is 2.40. The van der Waals surface area contributed by atoms with Crippen LogP contribution in [-0.4, -0.2) is 41.8 Å². The standard InChI is InChI=1S/C15H22N2O2S/c1-4-17(5-2)15(19)11-8-9-13(18)16(3)14(11)12-7-6-10-20-12/h6-7,10-11,14H,4-5,8-9H2,1-3H3/t11-,14+/m0/s1. The van der Waals surface area contributed by atoms with Crippen molar-refractivity contribution >= 4 is 23.2 Å². The summed E-state index contributed by atoms with van der Waals surface area (Å²) < 4.78 is 0. The third-order valence-corrected chi connectivity index (χ3v) is 5.03. The molecule has 0 radical (unpaired) electrons. The van der Waals surface area contributed by atoms with Crippen LogP contribution in [0.4, 0.5) is 0 Å². The summed E-state index contributed by atoms with van der Waals surface area (Å²) in [5.74, 6) is 0.191. The Morgan fingerprint density at radius 1 is 1.45 bits per heavy atom. The Hall–Kier alpha value is -1.36. The molecule has 2 heterocycles. The van der Waals surface area contributed by atoms with E-state index >= 15 is 0 Å². The number of carbonyl (C=O) groups is 2. The van der Waals surface area contributed by atoms with Crippen LogP contribution in [0.5, 0.6) is 0 Å². The van der Waals surface area contributed by atoms with Crippen molar-refractivity contribution in [1.82, 2.24) is 9.80 Å². The Kier molecular flexibility index (Phi) is 4.81. The van der Waals surface area contributed by atoms with E-state index in [0.717, 1.165) is 18.0 Å². The third kappa shape index (κ3) is 2.73. The predicted molar refractivity (Wildman–Crippen MR) is 80.5 cm³/mol. The number of thiophene rings is 1. The molecule has 0 bridgehead atoms. The summed E-state index contributed by atoms with van der Waals surface area (Å²) in [7, 11) is 1.81. The molecule has 4 nitrogen and oxygen atoms in total. The number of amides is 2. The Balaban J connectivity index is 2.29. The molecule has 110 valence electrons. The second kappa shape index (κ2) is 6.39. The lowest BCUT2D eigenvalue weighted by Crippen LogP contribution is -2.47. The molecule has 1 aromatic rings. The molecule has 2 amide bonds. The number of likely N-dealkylation sites (tertiary alicyclic amines) is 1. The minimum atomic E-state index is -0.115. The molecule has 0 aromatic carbocycles. The van der Waals surface area contributed by atoms with Crippen molar-refractivity contribution in [2.24, 2.45) is 5.92 Å². The highest BCUT2D eigenvalue weighted by atomic mass is 32.1. The van der Waals surface area contributed by atoms with Gasteiger partial charge in [-0.3, -0.25) is 9.59 Å². The highest BCUT2D eigenvalue weighted by molar-refractivity contribution is 7.10. The van der Waals surface area contributed by atoms with Gasteiger partial charge in [0.25, 0.3) is 0 Å². The summed E-state index contributed by atoms with van der Waals surface area (Å²) in [5.41, 5.74) is 0. The van der Waals surface area contributed by atoms with E-state index in [4.69, 9.17) is 0 Å². The molecule has 1 aliphatic rings. The van der Waals surface area contributed by atoms with Crippen molar-refractivity contribution in [3.8, 4) is 0 Å². The molecule has 5 heteroatoms. The van der Waals surface area contributed by atoms with E-state index in [1.165, 1.54) is 0 Å². The first-order valence-electron chi connectivity index (χ1n) is 7.18. The molecule has 2 atom stereocenters. The van der Waals surface area contributed by atoms with Crippen LogP contribution in [-0.2, 0) is 9.59 Å². The molecule has 0 aliphatic carbocycles. The fourth-order valence-electron chi connectivity index (χ4n) is 2.92. The van der Waals surface area contributed by atoms with Crippen molar-refractivity contribution in [3.63, 3.8) is 0 Å². The lowest BCUT2D eigenvalue weighted by atomic mass is 9.86. The number of rotatable bonds is 4. The lowest BCUT2D eigenvalue weighted by Gasteiger charge is -2.39. The van der Waals surface area contributed by atoms with E-state index in [-0.39, 0.29) is 23.8 Å². The summed E-state index contributed by atoms with van der Waals surface area (Å²) >= 11 is 1.62. The van der Waals surface area contributed by atoms with Gasteiger partial charge in [0.1, 0.15) is 0 Å². The van der Waals surface area contributed by atoms with Gasteiger partial charge in [0.15, 0.2) is 0 Å². The van der Waals surface area contributed by atoms with E-state index in [1.54, 1.807) is 16.2 Å². The zero-order valence-corrected chi connectivity index (χ0v) is 13.2. The minimum absolute atomic E-state index is 0.107. The largest absolute Gasteiger partial charge is 0.343 e. The molecule has 1 aliphatic heterocycles. The fourth-order valence-corrected chi connectivity index (χ4v) is 3.85. The van der Waals surface area contributed by atoms with Crippen molar-refractivity contribution in [2.45, 2.75) is 32.7 Å². The SMILES string of the molecule is CCN(CC)C(=O)[C@H]1CCC(=O)N(C)[C@H]1c1cccs1. The molecule has 2 rings (SSSR count). The summed E-state index contributed by atoms with van der Waals surface area (Å²) in [6.07, 6.45) is 1.12. The average molecular weight is 294 g/mol. The van der Waals surface area contributed by atoms with Crippen LogP contribution in [0, 0.1) is 5.92 Å². The number of hydrogen-bond acceptors (Lipinski definition) is 3. The Bertz CT molecular complexity index is 468. The van der Waals surface area contributed by atoms with Crippen LogP contribution in [0.1, 0.15) is 37.6 Å². The molecular weight excluding hydrogens is 272 g/mol. The van der Waals surface area contributed by atoms with Gasteiger partial charge in [-0.1, -0.05) is 6.07 Å². The van der Waals surface area contributed by atoms with Crippen molar-refractivity contribution in [3.05, 3.63) is 22.4 Å². The van der Waals surface area contributed by atoms with Gasteiger partial charge >= 0.3 is 0 Å². The molecular formula is C15H22N2O2S. The number of carbonyl (C=O) groups excluding carboxylic acids is 2. The normalized spacial score (nSPS) is 22.9. The monoisotopic (exact) mass is 294 g/mol. The van der Waals surface area contributed by atoms with Crippen LogP contribution in [0.3, 0.4) is 0 Å². The number of hydrogen-bond donors (Lipinski definition) is 0. The first kappa shape index (κ1) is 15.0. The minimum Gasteiger partial charge on any atom is -0.343 e. The van der Waals surface area contributed by atoms with E-state index in [1.807, 2.05) is 43.3 Å². The Morgan fingerprint density at radius 3 is 2.70 bits per heavy atom. The predicted octanol–water partition coefficient (Wildman–Crippen LogP) is 2.53. The first-order chi connectivity index (χ1) is 9.60. The van der Waals surface area contributed by atoms with Gasteiger partial charge in [-0.05, 0) is 31.7 Å². The molecule has 0 unspecified atom stereocenters. The zero-order chi connectivity index (χ0) is 14.7. The van der Waals surface area contributed by atoms with Gasteiger partial charge in [-0.25, -0.2) is 0 Å². The zero-order valence-electron chi connectivity index (χ0n) is 12.3. The molecule has 0 spiro atoms. The van der Waals surface area contributed by atoms with Crippen molar-refractivity contribution < 1.29 is 9.59 Å². The molecule has 20 heavy (non-hydrogen) atoms. The van der Waals surface area contributed by atoms with Gasteiger partial charge in [0, 0.05) is 31.4 Å². The van der Waals surface area contributed by atoms with Crippen LogP contribution < -0.4 is 0 Å². The van der Waals surface area contributed by atoms with Gasteiger partial charge in [0.2, 0.25) is 11.8 Å². The van der Waals surface area contributed by atoms with Gasteiger partial charge < -0.3 is 9.80 Å². The molecule has 0 saturated carbocycles. The maximum absolute atomic E-state index is 12.7. The second-order valence-corrected chi connectivity index (χ2v) is 6.10. The summed E-state index contributed by atoms with van der Waals surface area (Å²) in [5, 5.41) is 2.00. The quantitative estimate of drug-likeness (QED) is 0.856. The summed E-state index contributed by atoms with van der Waals surface area (Å²) in [6, 6.07) is 3.89. The van der Waals surface area contributed by atoms with Gasteiger partial charge in [0.05, 0.1) is 12.0 Å². The van der Waals surface area contributed by atoms with Crippen LogP contribution in [0.15, 0.2) is 17.5 Å². The first-order valence-corrected chi connectivity index (χ1v) is 8.05. The summed E-state index contributed by atoms with van der Waals surface area (Å²) in [6.45, 7) is 5.44. The van der Waals surface area contributed by atoms with Crippen molar-refractivity contribution in [2.75, 3.05) is 20.1 Å². The highest BCUT2D eigenvalue weighted by Crippen LogP contribution is 2.38. The Morgan fingerprint density at radius 2 is 2.15 bits per heavy atom.